The number of nitrogens with zero attached hydrogens (tertiary/aromatic N) is 1. The highest BCUT2D eigenvalue weighted by atomic mass is 35.5. The number of ether oxygens (including phenoxy) is 1. The molecule has 1 heterocycles. The van der Waals surface area contributed by atoms with Crippen molar-refractivity contribution in [3.8, 4) is 5.75 Å². The van der Waals surface area contributed by atoms with Crippen LogP contribution >= 0.6 is 23.4 Å². The number of amides is 1. The average molecular weight is 355 g/mol. The molecule has 124 valence electrons. The van der Waals surface area contributed by atoms with Crippen LogP contribution in [0.4, 0.5) is 5.69 Å². The molecule has 1 amide bonds. The molecule has 1 aromatic carbocycles. The minimum Gasteiger partial charge on any atom is -0.492 e. The van der Waals surface area contributed by atoms with Gasteiger partial charge in [0.1, 0.15) is 11.5 Å². The maximum Gasteiger partial charge on any atom is 0.234 e. The van der Waals surface area contributed by atoms with Gasteiger partial charge in [-0.3, -0.25) is 4.79 Å². The molecule has 1 N–H and O–H groups in total. The molecule has 0 bridgehead atoms. The van der Waals surface area contributed by atoms with Crippen LogP contribution in [-0.2, 0) is 10.5 Å². The summed E-state index contributed by atoms with van der Waals surface area (Å²) in [6.45, 7) is 6.21. The molecule has 1 aromatic heterocycles. The number of anilines is 1. The van der Waals surface area contributed by atoms with Gasteiger partial charge in [0.25, 0.3) is 0 Å². The zero-order valence-corrected chi connectivity index (χ0v) is 14.9. The monoisotopic (exact) mass is 354 g/mol. The zero-order valence-electron chi connectivity index (χ0n) is 13.3. The molecule has 0 radical (unpaired) electrons. The van der Waals surface area contributed by atoms with E-state index in [2.05, 4.69) is 10.5 Å². The Morgan fingerprint density at radius 2 is 2.22 bits per heavy atom. The van der Waals surface area contributed by atoms with Gasteiger partial charge in [-0.25, -0.2) is 0 Å². The van der Waals surface area contributed by atoms with Crippen molar-refractivity contribution in [3.05, 3.63) is 40.2 Å². The van der Waals surface area contributed by atoms with E-state index in [1.807, 2.05) is 20.8 Å². The summed E-state index contributed by atoms with van der Waals surface area (Å²) in [6, 6.07) is 5.20. The van der Waals surface area contributed by atoms with Crippen molar-refractivity contribution < 1.29 is 14.1 Å². The van der Waals surface area contributed by atoms with E-state index in [-0.39, 0.29) is 5.91 Å². The van der Waals surface area contributed by atoms with E-state index in [1.54, 1.807) is 18.2 Å². The number of nitrogens with one attached hydrogen (secondary N) is 1. The number of halogens is 1. The van der Waals surface area contributed by atoms with Crippen LogP contribution in [0.25, 0.3) is 0 Å². The summed E-state index contributed by atoms with van der Waals surface area (Å²) < 4.78 is 10.5. The molecule has 0 aliphatic heterocycles. The Kier molecular flexibility index (Phi) is 6.36. The minimum absolute atomic E-state index is 0.0815. The highest BCUT2D eigenvalue weighted by molar-refractivity contribution is 7.99. The molecule has 2 rings (SSSR count). The number of aryl methyl sites for hydroxylation is 2. The normalized spacial score (nSPS) is 10.6. The Hall–Kier alpha value is -1.66. The summed E-state index contributed by atoms with van der Waals surface area (Å²) >= 11 is 7.61. The van der Waals surface area contributed by atoms with Crippen LogP contribution in [-0.4, -0.2) is 23.4 Å². The number of benzene rings is 1. The van der Waals surface area contributed by atoms with E-state index < -0.39 is 0 Å². The third kappa shape index (κ3) is 4.91. The molecule has 23 heavy (non-hydrogen) atoms. The molecule has 0 saturated carbocycles. The molecular formula is C16H19ClN2O3S. The Balaban J connectivity index is 1.84. The Labute approximate surface area is 144 Å². The third-order valence-corrected chi connectivity index (χ3v) is 4.43. The van der Waals surface area contributed by atoms with Gasteiger partial charge in [-0.15, -0.1) is 11.8 Å². The molecule has 0 atom stereocenters. The molecule has 2 aromatic rings. The molecule has 5 nitrogen and oxygen atoms in total. The smallest absolute Gasteiger partial charge is 0.234 e. The van der Waals surface area contributed by atoms with E-state index in [1.165, 1.54) is 11.8 Å². The molecule has 0 unspecified atom stereocenters. The van der Waals surface area contributed by atoms with Crippen LogP contribution in [0, 0.1) is 13.8 Å². The topological polar surface area (TPSA) is 64.4 Å². The first-order chi connectivity index (χ1) is 11.0. The molecule has 0 fully saturated rings. The van der Waals surface area contributed by atoms with Crippen molar-refractivity contribution in [3.63, 3.8) is 0 Å². The van der Waals surface area contributed by atoms with Crippen LogP contribution in [0.15, 0.2) is 22.7 Å². The first kappa shape index (κ1) is 17.7. The van der Waals surface area contributed by atoms with Crippen molar-refractivity contribution in [2.24, 2.45) is 0 Å². The van der Waals surface area contributed by atoms with E-state index in [0.717, 1.165) is 17.0 Å². The van der Waals surface area contributed by atoms with Crippen LogP contribution in [0.1, 0.15) is 23.9 Å². The summed E-state index contributed by atoms with van der Waals surface area (Å²) in [5.41, 5.74) is 2.57. The van der Waals surface area contributed by atoms with Gasteiger partial charge in [0.05, 0.1) is 23.1 Å². The lowest BCUT2D eigenvalue weighted by molar-refractivity contribution is -0.113. The number of hydrogen-bond acceptors (Lipinski definition) is 5. The summed E-state index contributed by atoms with van der Waals surface area (Å²) in [7, 11) is 0. The quantitative estimate of drug-likeness (QED) is 0.806. The summed E-state index contributed by atoms with van der Waals surface area (Å²) in [6.07, 6.45) is 0. The Morgan fingerprint density at radius 3 is 2.83 bits per heavy atom. The number of hydrogen-bond donors (Lipinski definition) is 1. The average Bonchev–Trinajstić information content (AvgIpc) is 2.82. The first-order valence-corrected chi connectivity index (χ1v) is 8.76. The fourth-order valence-electron chi connectivity index (χ4n) is 2.00. The lowest BCUT2D eigenvalue weighted by Gasteiger charge is -2.09. The summed E-state index contributed by atoms with van der Waals surface area (Å²) in [4.78, 5) is 12.0. The van der Waals surface area contributed by atoms with Crippen molar-refractivity contribution in [2.75, 3.05) is 17.7 Å². The standard InChI is InChI=1S/C16H19ClN2O3S/c1-4-21-15-6-5-12(7-14(15)17)18-16(20)9-23-8-13-10(2)19-22-11(13)3/h5-7H,4,8-9H2,1-3H3,(H,18,20). The van der Waals surface area contributed by atoms with Gasteiger partial charge in [0, 0.05) is 17.0 Å². The number of aromatic nitrogens is 1. The Bertz CT molecular complexity index is 668. The van der Waals surface area contributed by atoms with Crippen LogP contribution < -0.4 is 10.1 Å². The van der Waals surface area contributed by atoms with Crippen LogP contribution in [0.5, 0.6) is 5.75 Å². The number of carbonyl (C=O) groups excluding carboxylic acids is 1. The van der Waals surface area contributed by atoms with Crippen molar-refractivity contribution in [1.82, 2.24) is 5.16 Å². The van der Waals surface area contributed by atoms with Gasteiger partial charge in [-0.1, -0.05) is 16.8 Å². The van der Waals surface area contributed by atoms with Crippen molar-refractivity contribution in [1.29, 1.82) is 0 Å². The SMILES string of the molecule is CCOc1ccc(NC(=O)CSCc2c(C)noc2C)cc1Cl. The number of carbonyl (C=O) groups is 1. The fourth-order valence-corrected chi connectivity index (χ4v) is 3.21. The maximum absolute atomic E-state index is 12.0. The van der Waals surface area contributed by atoms with E-state index in [9.17, 15) is 4.79 Å². The van der Waals surface area contributed by atoms with Gasteiger partial charge in [-0.05, 0) is 39.0 Å². The molecule has 0 saturated heterocycles. The summed E-state index contributed by atoms with van der Waals surface area (Å²) in [5, 5.41) is 7.20. The predicted molar refractivity (Wildman–Crippen MR) is 93.4 cm³/mol. The largest absolute Gasteiger partial charge is 0.492 e. The van der Waals surface area contributed by atoms with Crippen molar-refractivity contribution >= 4 is 35.0 Å². The predicted octanol–water partition coefficient (Wildman–Crippen LogP) is 4.22. The lowest BCUT2D eigenvalue weighted by atomic mass is 10.2. The van der Waals surface area contributed by atoms with Gasteiger partial charge in [0.15, 0.2) is 0 Å². The molecule has 7 heteroatoms. The van der Waals surface area contributed by atoms with Gasteiger partial charge >= 0.3 is 0 Å². The highest BCUT2D eigenvalue weighted by Gasteiger charge is 2.11. The van der Waals surface area contributed by atoms with Crippen LogP contribution in [0.2, 0.25) is 5.02 Å². The van der Waals surface area contributed by atoms with E-state index in [0.29, 0.717) is 34.6 Å². The minimum atomic E-state index is -0.0815. The van der Waals surface area contributed by atoms with Gasteiger partial charge in [0.2, 0.25) is 5.91 Å². The zero-order chi connectivity index (χ0) is 16.8. The van der Waals surface area contributed by atoms with Crippen molar-refractivity contribution in [2.45, 2.75) is 26.5 Å². The second-order valence-corrected chi connectivity index (χ2v) is 6.31. The molecule has 0 aliphatic rings. The van der Waals surface area contributed by atoms with Crippen LogP contribution in [0.3, 0.4) is 0 Å². The Morgan fingerprint density at radius 1 is 1.43 bits per heavy atom. The molecule has 0 spiro atoms. The number of thioether (sulfide) groups is 1. The van der Waals surface area contributed by atoms with Gasteiger partial charge in [-0.2, -0.15) is 0 Å². The number of rotatable bonds is 7. The van der Waals surface area contributed by atoms with E-state index >= 15 is 0 Å². The third-order valence-electron chi connectivity index (χ3n) is 3.18. The maximum atomic E-state index is 12.0. The summed E-state index contributed by atoms with van der Waals surface area (Å²) in [5.74, 6) is 2.36. The highest BCUT2D eigenvalue weighted by Crippen LogP contribution is 2.28. The molecule has 0 aliphatic carbocycles. The van der Waals surface area contributed by atoms with Gasteiger partial charge < -0.3 is 14.6 Å². The first-order valence-electron chi connectivity index (χ1n) is 7.23. The van der Waals surface area contributed by atoms with E-state index in [4.69, 9.17) is 20.9 Å². The molecular weight excluding hydrogens is 336 g/mol. The second kappa shape index (κ2) is 8.26. The second-order valence-electron chi connectivity index (χ2n) is 4.92. The lowest BCUT2D eigenvalue weighted by Crippen LogP contribution is -2.14. The fraction of sp³-hybridized carbons (Fsp3) is 0.375.